The number of rotatable bonds is 5. The maximum absolute atomic E-state index is 13.7. The third-order valence-electron chi connectivity index (χ3n) is 5.40. The molecule has 1 saturated carbocycles. The summed E-state index contributed by atoms with van der Waals surface area (Å²) in [5, 5.41) is 0. The Balaban J connectivity index is 1.44. The summed E-state index contributed by atoms with van der Waals surface area (Å²) in [5.74, 6) is -0.185. The fourth-order valence-corrected chi connectivity index (χ4v) is 3.84. The van der Waals surface area contributed by atoms with E-state index >= 15 is 0 Å². The zero-order valence-corrected chi connectivity index (χ0v) is 14.6. The van der Waals surface area contributed by atoms with Crippen molar-refractivity contribution in [2.24, 2.45) is 0 Å². The number of carbonyl (C=O) groups excluding carboxylic acids is 1. The Morgan fingerprint density at radius 2 is 1.83 bits per heavy atom. The van der Waals surface area contributed by atoms with E-state index in [4.69, 9.17) is 0 Å². The molecule has 0 bridgehead atoms. The zero-order chi connectivity index (χ0) is 16.9. The molecule has 132 valence electrons. The van der Waals surface area contributed by atoms with Gasteiger partial charge in [0.25, 0.3) is 0 Å². The summed E-state index contributed by atoms with van der Waals surface area (Å²) < 4.78 is 13.7. The van der Waals surface area contributed by atoms with Gasteiger partial charge in [-0.2, -0.15) is 0 Å². The lowest BCUT2D eigenvalue weighted by molar-refractivity contribution is -0.132. The first-order valence-corrected chi connectivity index (χ1v) is 9.07. The molecule has 1 aliphatic heterocycles. The SMILES string of the molecule is CN(Cc1ccccc1F)C(=O)CN1CCN(C2CCCC2)CC1. The van der Waals surface area contributed by atoms with Gasteiger partial charge in [-0.25, -0.2) is 4.39 Å². The Kier molecular flexibility index (Phi) is 5.85. The molecule has 1 aromatic rings. The minimum absolute atomic E-state index is 0.0626. The molecule has 1 heterocycles. The molecule has 3 rings (SSSR count). The lowest BCUT2D eigenvalue weighted by atomic mass is 10.2. The number of halogens is 1. The third-order valence-corrected chi connectivity index (χ3v) is 5.40. The first-order chi connectivity index (χ1) is 11.6. The van der Waals surface area contributed by atoms with Gasteiger partial charge in [0.15, 0.2) is 0 Å². The van der Waals surface area contributed by atoms with Gasteiger partial charge < -0.3 is 4.90 Å². The molecule has 2 aliphatic rings. The van der Waals surface area contributed by atoms with Gasteiger partial charge in [-0.3, -0.25) is 14.6 Å². The lowest BCUT2D eigenvalue weighted by Gasteiger charge is -2.38. The number of amides is 1. The second kappa shape index (κ2) is 8.08. The van der Waals surface area contributed by atoms with Gasteiger partial charge in [-0.05, 0) is 18.9 Å². The molecule has 0 aromatic heterocycles. The fourth-order valence-electron chi connectivity index (χ4n) is 3.84. The molecule has 0 unspecified atom stereocenters. The number of benzene rings is 1. The highest BCUT2D eigenvalue weighted by molar-refractivity contribution is 5.78. The van der Waals surface area contributed by atoms with Crippen molar-refractivity contribution in [3.63, 3.8) is 0 Å². The second-order valence-corrected chi connectivity index (χ2v) is 7.09. The normalized spacial score (nSPS) is 20.4. The number of likely N-dealkylation sites (N-methyl/N-ethyl adjacent to an activating group) is 1. The molecule has 0 atom stereocenters. The van der Waals surface area contributed by atoms with Gasteiger partial charge in [0.05, 0.1) is 6.54 Å². The van der Waals surface area contributed by atoms with Crippen LogP contribution in [0.4, 0.5) is 4.39 Å². The first-order valence-electron chi connectivity index (χ1n) is 9.07. The molecular weight excluding hydrogens is 305 g/mol. The monoisotopic (exact) mass is 333 g/mol. The molecule has 0 spiro atoms. The average molecular weight is 333 g/mol. The maximum Gasteiger partial charge on any atom is 0.236 e. The topological polar surface area (TPSA) is 26.8 Å². The van der Waals surface area contributed by atoms with Crippen molar-refractivity contribution in [1.29, 1.82) is 0 Å². The maximum atomic E-state index is 13.7. The van der Waals surface area contributed by atoms with Crippen LogP contribution in [-0.2, 0) is 11.3 Å². The molecule has 0 radical (unpaired) electrons. The molecule has 24 heavy (non-hydrogen) atoms. The molecule has 1 aliphatic carbocycles. The number of piperazine rings is 1. The van der Waals surface area contributed by atoms with Crippen molar-refractivity contribution in [3.05, 3.63) is 35.6 Å². The van der Waals surface area contributed by atoms with Crippen LogP contribution in [0.1, 0.15) is 31.2 Å². The molecule has 1 saturated heterocycles. The van der Waals surface area contributed by atoms with Crippen molar-refractivity contribution in [1.82, 2.24) is 14.7 Å². The van der Waals surface area contributed by atoms with Crippen molar-refractivity contribution in [2.45, 2.75) is 38.3 Å². The summed E-state index contributed by atoms with van der Waals surface area (Å²) in [7, 11) is 1.75. The van der Waals surface area contributed by atoms with Crippen LogP contribution in [0.25, 0.3) is 0 Å². The van der Waals surface area contributed by atoms with E-state index in [2.05, 4.69) is 9.80 Å². The predicted octanol–water partition coefficient (Wildman–Crippen LogP) is 2.34. The second-order valence-electron chi connectivity index (χ2n) is 7.09. The highest BCUT2D eigenvalue weighted by atomic mass is 19.1. The predicted molar refractivity (Wildman–Crippen MR) is 93.1 cm³/mol. The van der Waals surface area contributed by atoms with Crippen LogP contribution < -0.4 is 0 Å². The van der Waals surface area contributed by atoms with E-state index in [1.54, 1.807) is 30.1 Å². The molecule has 5 heteroatoms. The highest BCUT2D eigenvalue weighted by Crippen LogP contribution is 2.24. The van der Waals surface area contributed by atoms with Crippen LogP contribution in [-0.4, -0.2) is 66.4 Å². The van der Waals surface area contributed by atoms with Crippen molar-refractivity contribution in [3.8, 4) is 0 Å². The van der Waals surface area contributed by atoms with E-state index < -0.39 is 0 Å². The summed E-state index contributed by atoms with van der Waals surface area (Å²) in [6.07, 6.45) is 5.41. The number of hydrogen-bond donors (Lipinski definition) is 0. The van der Waals surface area contributed by atoms with Crippen LogP contribution in [0.3, 0.4) is 0 Å². The standard InChI is InChI=1S/C19H28FN3O/c1-21(14-16-6-2-5-9-18(16)20)19(24)15-22-10-12-23(13-11-22)17-7-3-4-8-17/h2,5-6,9,17H,3-4,7-8,10-15H2,1H3. The van der Waals surface area contributed by atoms with Crippen molar-refractivity contribution < 1.29 is 9.18 Å². The Morgan fingerprint density at radius 3 is 2.50 bits per heavy atom. The number of hydrogen-bond acceptors (Lipinski definition) is 3. The van der Waals surface area contributed by atoms with Gasteiger partial charge in [-0.1, -0.05) is 31.0 Å². The highest BCUT2D eigenvalue weighted by Gasteiger charge is 2.27. The Hall–Kier alpha value is -1.46. The minimum atomic E-state index is -0.248. The fraction of sp³-hybridized carbons (Fsp3) is 0.632. The van der Waals surface area contributed by atoms with E-state index in [0.717, 1.165) is 32.2 Å². The van der Waals surface area contributed by atoms with Gasteiger partial charge in [0, 0.05) is 51.4 Å². The molecule has 1 amide bonds. The van der Waals surface area contributed by atoms with E-state index in [1.807, 2.05) is 0 Å². The summed E-state index contributed by atoms with van der Waals surface area (Å²) in [4.78, 5) is 18.9. The Labute approximate surface area is 144 Å². The van der Waals surface area contributed by atoms with E-state index in [1.165, 1.54) is 31.7 Å². The summed E-state index contributed by atoms with van der Waals surface area (Å²) >= 11 is 0. The average Bonchev–Trinajstić information content (AvgIpc) is 3.12. The van der Waals surface area contributed by atoms with Crippen LogP contribution in [0.15, 0.2) is 24.3 Å². The van der Waals surface area contributed by atoms with Crippen molar-refractivity contribution >= 4 is 5.91 Å². The van der Waals surface area contributed by atoms with E-state index in [9.17, 15) is 9.18 Å². The number of carbonyl (C=O) groups is 1. The van der Waals surface area contributed by atoms with E-state index in [-0.39, 0.29) is 11.7 Å². The molecular formula is C19H28FN3O. The van der Waals surface area contributed by atoms with Crippen LogP contribution in [0, 0.1) is 5.82 Å². The summed E-state index contributed by atoms with van der Waals surface area (Å²) in [6.45, 7) is 4.80. The summed E-state index contributed by atoms with van der Waals surface area (Å²) in [6, 6.07) is 7.42. The largest absolute Gasteiger partial charge is 0.340 e. The van der Waals surface area contributed by atoms with Gasteiger partial charge in [0.1, 0.15) is 5.82 Å². The molecule has 2 fully saturated rings. The van der Waals surface area contributed by atoms with Crippen LogP contribution in [0.2, 0.25) is 0 Å². The first kappa shape index (κ1) is 17.4. The van der Waals surface area contributed by atoms with Gasteiger partial charge >= 0.3 is 0 Å². The molecule has 1 aromatic carbocycles. The van der Waals surface area contributed by atoms with Gasteiger partial charge in [0.2, 0.25) is 5.91 Å². The van der Waals surface area contributed by atoms with E-state index in [0.29, 0.717) is 18.7 Å². The Bertz CT molecular complexity index is 551. The van der Waals surface area contributed by atoms with Crippen molar-refractivity contribution in [2.75, 3.05) is 39.8 Å². The zero-order valence-electron chi connectivity index (χ0n) is 14.6. The minimum Gasteiger partial charge on any atom is -0.340 e. The quantitative estimate of drug-likeness (QED) is 0.827. The third kappa shape index (κ3) is 4.33. The number of nitrogens with zero attached hydrogens (tertiary/aromatic N) is 3. The lowest BCUT2D eigenvalue weighted by Crippen LogP contribution is -2.51. The Morgan fingerprint density at radius 1 is 1.17 bits per heavy atom. The van der Waals surface area contributed by atoms with Crippen LogP contribution >= 0.6 is 0 Å². The molecule has 0 N–H and O–H groups in total. The van der Waals surface area contributed by atoms with Crippen LogP contribution in [0.5, 0.6) is 0 Å². The summed E-state index contributed by atoms with van der Waals surface area (Å²) in [5.41, 5.74) is 0.569. The van der Waals surface area contributed by atoms with Gasteiger partial charge in [-0.15, -0.1) is 0 Å². The molecule has 4 nitrogen and oxygen atoms in total. The smallest absolute Gasteiger partial charge is 0.236 e.